The van der Waals surface area contributed by atoms with Crippen LogP contribution in [-0.4, -0.2) is 55.8 Å². The Kier molecular flexibility index (Phi) is 5.09. The number of aliphatic hydroxyl groups is 4. The van der Waals surface area contributed by atoms with E-state index in [0.717, 1.165) is 0 Å². The van der Waals surface area contributed by atoms with Gasteiger partial charge in [0.25, 0.3) is 6.04 Å². The Balaban J connectivity index is 4.34. The summed E-state index contributed by atoms with van der Waals surface area (Å²) in [5, 5.41) is 47.0. The Bertz CT molecular complexity index is 214. The second-order valence-electron chi connectivity index (χ2n) is 4.01. The van der Waals surface area contributed by atoms with Crippen LogP contribution in [0.15, 0.2) is 0 Å². The highest BCUT2D eigenvalue weighted by molar-refractivity contribution is 4.81. The molecule has 0 spiro atoms. The molecule has 0 heterocycles. The number of nitrogens with zero attached hydrogens (tertiary/aromatic N) is 1. The summed E-state index contributed by atoms with van der Waals surface area (Å²) in [5.74, 6) is 0. The summed E-state index contributed by atoms with van der Waals surface area (Å²) in [7, 11) is 0. The van der Waals surface area contributed by atoms with Gasteiger partial charge in [-0.15, -0.1) is 0 Å². The monoisotopic (exact) mass is 223 g/mol. The number of hydrogen-bond donors (Lipinski definition) is 4. The zero-order chi connectivity index (χ0) is 12.2. The lowest BCUT2D eigenvalue weighted by atomic mass is 9.94. The van der Waals surface area contributed by atoms with Crippen LogP contribution in [0.4, 0.5) is 0 Å². The highest BCUT2D eigenvalue weighted by atomic mass is 16.6. The number of nitro groups is 1. The van der Waals surface area contributed by atoms with Crippen LogP contribution in [0.3, 0.4) is 0 Å². The first-order chi connectivity index (χ1) is 6.70. The lowest BCUT2D eigenvalue weighted by Gasteiger charge is -2.26. The van der Waals surface area contributed by atoms with Crippen LogP contribution in [0.5, 0.6) is 0 Å². The summed E-state index contributed by atoms with van der Waals surface area (Å²) in [6.07, 6.45) is -3.15. The van der Waals surface area contributed by atoms with Gasteiger partial charge in [-0.1, -0.05) is 0 Å². The molecule has 3 atom stereocenters. The molecular weight excluding hydrogens is 206 g/mol. The molecule has 0 saturated heterocycles. The lowest BCUT2D eigenvalue weighted by molar-refractivity contribution is -0.538. The molecule has 0 aromatic rings. The highest BCUT2D eigenvalue weighted by Crippen LogP contribution is 2.15. The van der Waals surface area contributed by atoms with Crippen molar-refractivity contribution in [1.82, 2.24) is 0 Å². The Morgan fingerprint density at radius 2 is 1.87 bits per heavy atom. The van der Waals surface area contributed by atoms with Gasteiger partial charge in [-0.2, -0.15) is 0 Å². The van der Waals surface area contributed by atoms with E-state index in [1.165, 1.54) is 13.8 Å². The fourth-order valence-corrected chi connectivity index (χ4v) is 1.00. The maximum absolute atomic E-state index is 10.3. The molecule has 0 aliphatic heterocycles. The maximum Gasteiger partial charge on any atom is 0.261 e. The highest BCUT2D eigenvalue weighted by Gasteiger charge is 2.35. The van der Waals surface area contributed by atoms with Crippen LogP contribution in [0.2, 0.25) is 0 Å². The van der Waals surface area contributed by atoms with Crippen LogP contribution >= 0.6 is 0 Å². The van der Waals surface area contributed by atoms with Crippen molar-refractivity contribution >= 4 is 0 Å². The molecule has 0 amide bonds. The smallest absolute Gasteiger partial charge is 0.261 e. The third kappa shape index (κ3) is 4.52. The zero-order valence-electron chi connectivity index (χ0n) is 8.70. The van der Waals surface area contributed by atoms with E-state index in [1.54, 1.807) is 0 Å². The van der Waals surface area contributed by atoms with Crippen molar-refractivity contribution in [2.75, 3.05) is 6.61 Å². The number of aliphatic hydroxyl groups excluding tert-OH is 3. The molecule has 0 aliphatic rings. The standard InChI is InChI=1S/C8H17NO6/c1-8(2,13)7(12)3-6(11)5(4-10)9(14)15/h5-7,10-13H,3-4H2,1-2H3. The van der Waals surface area contributed by atoms with Crippen molar-refractivity contribution in [2.24, 2.45) is 0 Å². The fourth-order valence-electron chi connectivity index (χ4n) is 1.00. The van der Waals surface area contributed by atoms with E-state index in [2.05, 4.69) is 0 Å². The minimum Gasteiger partial charge on any atom is -0.390 e. The van der Waals surface area contributed by atoms with Gasteiger partial charge in [0.1, 0.15) is 12.7 Å². The molecule has 0 aliphatic carbocycles. The summed E-state index contributed by atoms with van der Waals surface area (Å²) in [5.41, 5.74) is -1.45. The average Bonchev–Trinajstić information content (AvgIpc) is 2.02. The summed E-state index contributed by atoms with van der Waals surface area (Å²) < 4.78 is 0. The minimum atomic E-state index is -1.54. The van der Waals surface area contributed by atoms with Gasteiger partial charge in [-0.05, 0) is 13.8 Å². The van der Waals surface area contributed by atoms with Gasteiger partial charge in [0, 0.05) is 11.3 Å². The SMILES string of the molecule is CC(C)(O)C(O)CC(O)C(CO)[N+](=O)[O-]. The van der Waals surface area contributed by atoms with E-state index in [4.69, 9.17) is 5.11 Å². The minimum absolute atomic E-state index is 0.365. The molecule has 0 aromatic carbocycles. The first kappa shape index (κ1) is 14.2. The van der Waals surface area contributed by atoms with Crippen molar-refractivity contribution < 1.29 is 25.3 Å². The predicted octanol–water partition coefficient (Wildman–Crippen LogP) is -1.49. The normalized spacial score (nSPS) is 18.3. The Hall–Kier alpha value is -0.760. The third-order valence-electron chi connectivity index (χ3n) is 2.18. The van der Waals surface area contributed by atoms with Gasteiger partial charge in [-0.3, -0.25) is 10.1 Å². The molecule has 7 heteroatoms. The second kappa shape index (κ2) is 5.36. The van der Waals surface area contributed by atoms with Crippen LogP contribution in [0, 0.1) is 10.1 Å². The van der Waals surface area contributed by atoms with Crippen molar-refractivity contribution in [3.05, 3.63) is 10.1 Å². The number of hydrogen-bond acceptors (Lipinski definition) is 6. The molecule has 7 nitrogen and oxygen atoms in total. The molecule has 90 valence electrons. The van der Waals surface area contributed by atoms with Gasteiger partial charge in [0.2, 0.25) is 0 Å². The van der Waals surface area contributed by atoms with Crippen molar-refractivity contribution in [3.8, 4) is 0 Å². The second-order valence-corrected chi connectivity index (χ2v) is 4.01. The first-order valence-electron chi connectivity index (χ1n) is 4.53. The van der Waals surface area contributed by atoms with Crippen LogP contribution in [-0.2, 0) is 0 Å². The predicted molar refractivity (Wildman–Crippen MR) is 50.8 cm³/mol. The molecule has 0 bridgehead atoms. The molecule has 0 fully saturated rings. The number of rotatable bonds is 6. The summed E-state index contributed by atoms with van der Waals surface area (Å²) in [4.78, 5) is 9.53. The van der Waals surface area contributed by atoms with Gasteiger partial charge < -0.3 is 20.4 Å². The van der Waals surface area contributed by atoms with Crippen molar-refractivity contribution in [1.29, 1.82) is 0 Å². The molecule has 0 saturated carbocycles. The topological polar surface area (TPSA) is 124 Å². The van der Waals surface area contributed by atoms with Crippen molar-refractivity contribution in [2.45, 2.75) is 44.1 Å². The van der Waals surface area contributed by atoms with E-state index >= 15 is 0 Å². The van der Waals surface area contributed by atoms with E-state index in [-0.39, 0.29) is 6.42 Å². The summed E-state index contributed by atoms with van der Waals surface area (Å²) in [6.45, 7) is 1.84. The third-order valence-corrected chi connectivity index (χ3v) is 2.18. The average molecular weight is 223 g/mol. The van der Waals surface area contributed by atoms with E-state index in [1.807, 2.05) is 0 Å². The Morgan fingerprint density at radius 1 is 1.40 bits per heavy atom. The largest absolute Gasteiger partial charge is 0.390 e. The van der Waals surface area contributed by atoms with E-state index in [9.17, 15) is 25.4 Å². The quantitative estimate of drug-likeness (QED) is 0.321. The van der Waals surface area contributed by atoms with Gasteiger partial charge in [-0.25, -0.2) is 0 Å². The molecule has 4 N–H and O–H groups in total. The maximum atomic E-state index is 10.3. The fraction of sp³-hybridized carbons (Fsp3) is 1.00. The molecule has 0 aromatic heterocycles. The Morgan fingerprint density at radius 3 is 2.13 bits per heavy atom. The molecule has 0 rings (SSSR count). The summed E-state index contributed by atoms with van der Waals surface area (Å²) in [6, 6.07) is -1.54. The van der Waals surface area contributed by atoms with Crippen LogP contribution in [0.25, 0.3) is 0 Å². The Labute approximate surface area is 87.1 Å². The molecule has 0 radical (unpaired) electrons. The van der Waals surface area contributed by atoms with Crippen LogP contribution < -0.4 is 0 Å². The molecule has 3 unspecified atom stereocenters. The van der Waals surface area contributed by atoms with Gasteiger partial charge >= 0.3 is 0 Å². The zero-order valence-corrected chi connectivity index (χ0v) is 8.70. The van der Waals surface area contributed by atoms with E-state index < -0.39 is 35.4 Å². The van der Waals surface area contributed by atoms with Gasteiger partial charge in [0.05, 0.1) is 11.7 Å². The van der Waals surface area contributed by atoms with E-state index in [0.29, 0.717) is 0 Å². The van der Waals surface area contributed by atoms with Crippen molar-refractivity contribution in [3.63, 3.8) is 0 Å². The lowest BCUT2D eigenvalue weighted by Crippen LogP contribution is -2.44. The first-order valence-corrected chi connectivity index (χ1v) is 4.53. The molecular formula is C8H17NO6. The summed E-state index contributed by atoms with van der Waals surface area (Å²) >= 11 is 0. The van der Waals surface area contributed by atoms with Crippen LogP contribution in [0.1, 0.15) is 20.3 Å². The molecule has 15 heavy (non-hydrogen) atoms. The van der Waals surface area contributed by atoms with Gasteiger partial charge in [0.15, 0.2) is 0 Å².